The summed E-state index contributed by atoms with van der Waals surface area (Å²) in [5.74, 6) is 0.0231. The summed E-state index contributed by atoms with van der Waals surface area (Å²) < 4.78 is 43.8. The number of nitrogens with zero attached hydrogens (tertiary/aromatic N) is 3. The van der Waals surface area contributed by atoms with E-state index < -0.39 is 11.9 Å². The Morgan fingerprint density at radius 2 is 2.00 bits per heavy atom. The van der Waals surface area contributed by atoms with E-state index in [0.29, 0.717) is 6.04 Å². The number of hydrogen-bond donors (Lipinski definition) is 1. The highest BCUT2D eigenvalue weighted by atomic mass is 19.4. The average molecular weight is 340 g/mol. The molecule has 2 aliphatic heterocycles. The molecule has 1 aromatic rings. The van der Waals surface area contributed by atoms with Crippen molar-refractivity contribution in [1.82, 2.24) is 9.88 Å². The summed E-state index contributed by atoms with van der Waals surface area (Å²) >= 11 is 0. The van der Waals surface area contributed by atoms with Gasteiger partial charge in [-0.05, 0) is 31.4 Å². The second-order valence-electron chi connectivity index (χ2n) is 6.17. The van der Waals surface area contributed by atoms with E-state index in [0.717, 1.165) is 51.6 Å². The van der Waals surface area contributed by atoms with E-state index in [1.807, 2.05) is 6.07 Å². The number of aromatic nitrogens is 1. The third-order valence-electron chi connectivity index (χ3n) is 4.60. The minimum Gasteiger partial charge on any atom is -0.380 e. The fourth-order valence-electron chi connectivity index (χ4n) is 3.23. The van der Waals surface area contributed by atoms with Crippen LogP contribution >= 0.6 is 0 Å². The number of alkyl halides is 3. The highest BCUT2D eigenvalue weighted by Gasteiger charge is 2.33. The summed E-state index contributed by atoms with van der Waals surface area (Å²) in [6.07, 6.45) is -1.87. The number of piperidine rings is 1. The van der Waals surface area contributed by atoms with Crippen LogP contribution in [0.15, 0.2) is 12.1 Å². The molecule has 24 heavy (non-hydrogen) atoms. The number of halogens is 3. The standard InChI is InChI=1S/C16H19F3N4O/c17-16(18,19)14-2-1-11(9-20)15(22-14)21-12-3-6-23(7-4-12)13-5-8-24-10-13/h1-2,12-13H,3-8,10H2,(H,21,22). The molecule has 2 fully saturated rings. The maximum atomic E-state index is 12.8. The molecule has 3 heterocycles. The summed E-state index contributed by atoms with van der Waals surface area (Å²) in [6.45, 7) is 3.29. The van der Waals surface area contributed by atoms with Gasteiger partial charge in [-0.25, -0.2) is 4.98 Å². The van der Waals surface area contributed by atoms with Gasteiger partial charge in [0.15, 0.2) is 0 Å². The molecule has 1 unspecified atom stereocenters. The van der Waals surface area contributed by atoms with Gasteiger partial charge >= 0.3 is 6.18 Å². The number of rotatable bonds is 3. The molecule has 130 valence electrons. The second kappa shape index (κ2) is 6.95. The van der Waals surface area contributed by atoms with Crippen molar-refractivity contribution in [1.29, 1.82) is 5.26 Å². The van der Waals surface area contributed by atoms with Gasteiger partial charge in [0.25, 0.3) is 0 Å². The number of nitriles is 1. The van der Waals surface area contributed by atoms with Crippen molar-refractivity contribution < 1.29 is 17.9 Å². The summed E-state index contributed by atoms with van der Waals surface area (Å²) in [6, 6.07) is 4.38. The average Bonchev–Trinajstić information content (AvgIpc) is 3.09. The number of hydrogen-bond acceptors (Lipinski definition) is 5. The topological polar surface area (TPSA) is 61.2 Å². The third-order valence-corrected chi connectivity index (χ3v) is 4.60. The third kappa shape index (κ3) is 3.79. The van der Waals surface area contributed by atoms with Crippen LogP contribution in [0.25, 0.3) is 0 Å². The molecule has 0 radical (unpaired) electrons. The van der Waals surface area contributed by atoms with Crippen LogP contribution < -0.4 is 5.32 Å². The summed E-state index contributed by atoms with van der Waals surface area (Å²) in [4.78, 5) is 5.98. The molecule has 1 N–H and O–H groups in total. The smallest absolute Gasteiger partial charge is 0.380 e. The first-order valence-electron chi connectivity index (χ1n) is 8.04. The molecule has 0 spiro atoms. The minimum absolute atomic E-state index is 0.0201. The van der Waals surface area contributed by atoms with E-state index in [4.69, 9.17) is 10.00 Å². The number of ether oxygens (including phenoxy) is 1. The van der Waals surface area contributed by atoms with E-state index in [1.54, 1.807) is 0 Å². The lowest BCUT2D eigenvalue weighted by Crippen LogP contribution is -2.45. The maximum absolute atomic E-state index is 12.8. The van der Waals surface area contributed by atoms with Crippen LogP contribution in [0.5, 0.6) is 0 Å². The molecular formula is C16H19F3N4O. The normalized spacial score (nSPS) is 23.2. The van der Waals surface area contributed by atoms with Gasteiger partial charge in [-0.15, -0.1) is 0 Å². The zero-order valence-electron chi connectivity index (χ0n) is 13.1. The molecule has 8 heteroatoms. The van der Waals surface area contributed by atoms with Crippen molar-refractivity contribution in [3.05, 3.63) is 23.4 Å². The highest BCUT2D eigenvalue weighted by Crippen LogP contribution is 2.30. The Morgan fingerprint density at radius 1 is 1.25 bits per heavy atom. The Labute approximate surface area is 138 Å². The van der Waals surface area contributed by atoms with Crippen molar-refractivity contribution in [3.8, 4) is 6.07 Å². The number of pyridine rings is 1. The van der Waals surface area contributed by atoms with E-state index >= 15 is 0 Å². The van der Waals surface area contributed by atoms with Gasteiger partial charge in [0.1, 0.15) is 17.6 Å². The lowest BCUT2D eigenvalue weighted by molar-refractivity contribution is -0.141. The van der Waals surface area contributed by atoms with Crippen LogP contribution in [0.3, 0.4) is 0 Å². The molecule has 1 aromatic heterocycles. The van der Waals surface area contributed by atoms with Crippen molar-refractivity contribution in [2.24, 2.45) is 0 Å². The number of anilines is 1. The minimum atomic E-state index is -4.52. The lowest BCUT2D eigenvalue weighted by atomic mass is 10.0. The Hall–Kier alpha value is -1.85. The van der Waals surface area contributed by atoms with Gasteiger partial charge < -0.3 is 10.1 Å². The summed E-state index contributed by atoms with van der Waals surface area (Å²) in [5.41, 5.74) is -0.848. The highest BCUT2D eigenvalue weighted by molar-refractivity contribution is 5.53. The first-order valence-corrected chi connectivity index (χ1v) is 8.04. The molecular weight excluding hydrogens is 321 g/mol. The molecule has 0 aromatic carbocycles. The van der Waals surface area contributed by atoms with Gasteiger partial charge in [-0.2, -0.15) is 18.4 Å². The monoisotopic (exact) mass is 340 g/mol. The molecule has 5 nitrogen and oxygen atoms in total. The quantitative estimate of drug-likeness (QED) is 0.917. The SMILES string of the molecule is N#Cc1ccc(C(F)(F)F)nc1NC1CCN(C2CCOC2)CC1. The Bertz CT molecular complexity index is 615. The van der Waals surface area contributed by atoms with Crippen LogP contribution in [0.1, 0.15) is 30.5 Å². The largest absolute Gasteiger partial charge is 0.433 e. The lowest BCUT2D eigenvalue weighted by Gasteiger charge is -2.35. The van der Waals surface area contributed by atoms with E-state index in [2.05, 4.69) is 15.2 Å². The maximum Gasteiger partial charge on any atom is 0.433 e. The van der Waals surface area contributed by atoms with Gasteiger partial charge in [0.2, 0.25) is 0 Å². The van der Waals surface area contributed by atoms with Crippen LogP contribution in [-0.2, 0) is 10.9 Å². The summed E-state index contributed by atoms with van der Waals surface area (Å²) in [7, 11) is 0. The Morgan fingerprint density at radius 3 is 2.58 bits per heavy atom. The predicted molar refractivity (Wildman–Crippen MR) is 81.4 cm³/mol. The zero-order valence-corrected chi connectivity index (χ0v) is 13.1. The fourth-order valence-corrected chi connectivity index (χ4v) is 3.23. The molecule has 0 aliphatic carbocycles. The second-order valence-corrected chi connectivity index (χ2v) is 6.17. The molecule has 0 saturated carbocycles. The van der Waals surface area contributed by atoms with Gasteiger partial charge in [-0.1, -0.05) is 0 Å². The predicted octanol–water partition coefficient (Wildman–Crippen LogP) is 2.64. The van der Waals surface area contributed by atoms with E-state index in [1.165, 1.54) is 6.07 Å². The van der Waals surface area contributed by atoms with E-state index in [-0.39, 0.29) is 17.4 Å². The molecule has 1 atom stereocenters. The molecule has 3 rings (SSSR count). The van der Waals surface area contributed by atoms with Crippen LogP contribution in [0.4, 0.5) is 19.0 Å². The molecule has 2 saturated heterocycles. The summed E-state index contributed by atoms with van der Waals surface area (Å²) in [5, 5.41) is 12.1. The Balaban J connectivity index is 1.65. The van der Waals surface area contributed by atoms with Gasteiger partial charge in [0.05, 0.1) is 12.2 Å². The number of nitrogens with one attached hydrogen (secondary N) is 1. The molecule has 2 aliphatic rings. The van der Waals surface area contributed by atoms with Gasteiger partial charge in [0, 0.05) is 31.8 Å². The van der Waals surface area contributed by atoms with Crippen LogP contribution in [-0.4, -0.2) is 48.3 Å². The van der Waals surface area contributed by atoms with Crippen molar-refractivity contribution in [2.45, 2.75) is 37.5 Å². The van der Waals surface area contributed by atoms with Crippen molar-refractivity contribution >= 4 is 5.82 Å². The zero-order chi connectivity index (χ0) is 17.2. The molecule has 0 bridgehead atoms. The first-order chi connectivity index (χ1) is 11.5. The van der Waals surface area contributed by atoms with E-state index in [9.17, 15) is 13.2 Å². The van der Waals surface area contributed by atoms with Crippen LogP contribution in [0.2, 0.25) is 0 Å². The Kier molecular flexibility index (Phi) is 4.92. The van der Waals surface area contributed by atoms with Crippen LogP contribution in [0, 0.1) is 11.3 Å². The fraction of sp³-hybridized carbons (Fsp3) is 0.625. The molecule has 0 amide bonds. The number of likely N-dealkylation sites (tertiary alicyclic amines) is 1. The van der Waals surface area contributed by atoms with Crippen molar-refractivity contribution in [2.75, 3.05) is 31.6 Å². The van der Waals surface area contributed by atoms with Crippen molar-refractivity contribution in [3.63, 3.8) is 0 Å². The van der Waals surface area contributed by atoms with Gasteiger partial charge in [-0.3, -0.25) is 4.90 Å². The first kappa shape index (κ1) is 17.0.